The van der Waals surface area contributed by atoms with Gasteiger partial charge in [-0.05, 0) is 43.0 Å². The number of nitrogens with two attached hydrogens (primary N) is 1. The molecule has 0 amide bonds. The predicted octanol–water partition coefficient (Wildman–Crippen LogP) is 4.04. The Morgan fingerprint density at radius 3 is 2.85 bits per heavy atom. The van der Waals surface area contributed by atoms with Crippen molar-refractivity contribution < 1.29 is 0 Å². The average molecular weight is 290 g/mol. The molecule has 0 unspecified atom stereocenters. The van der Waals surface area contributed by atoms with Gasteiger partial charge in [0, 0.05) is 6.04 Å². The van der Waals surface area contributed by atoms with Gasteiger partial charge in [-0.25, -0.2) is 4.98 Å². The number of hydrogen-bond acceptors (Lipinski definition) is 5. The SMILES string of the molecule is CCCC1CCC(Nc2nc(N)nc3sccc23)CC1. The highest BCUT2D eigenvalue weighted by molar-refractivity contribution is 7.16. The third-order valence-electron chi connectivity index (χ3n) is 4.23. The first kappa shape index (κ1) is 13.6. The molecule has 5 heteroatoms. The highest BCUT2D eigenvalue weighted by Crippen LogP contribution is 2.31. The van der Waals surface area contributed by atoms with Crippen LogP contribution in [0.25, 0.3) is 10.2 Å². The van der Waals surface area contributed by atoms with Crippen LogP contribution in [0.15, 0.2) is 11.4 Å². The van der Waals surface area contributed by atoms with Crippen molar-refractivity contribution in [1.82, 2.24) is 9.97 Å². The Hall–Kier alpha value is -1.36. The Morgan fingerprint density at radius 2 is 2.10 bits per heavy atom. The fourth-order valence-corrected chi connectivity index (χ4v) is 3.95. The second kappa shape index (κ2) is 5.95. The minimum absolute atomic E-state index is 0.363. The molecule has 0 saturated heterocycles. The molecule has 0 aromatic carbocycles. The number of nitrogen functional groups attached to an aromatic ring is 1. The van der Waals surface area contributed by atoms with Crippen LogP contribution in [0.2, 0.25) is 0 Å². The van der Waals surface area contributed by atoms with Crippen molar-refractivity contribution in [2.75, 3.05) is 11.1 Å². The molecule has 108 valence electrons. The quantitative estimate of drug-likeness (QED) is 0.892. The molecule has 2 heterocycles. The van der Waals surface area contributed by atoms with Crippen LogP contribution in [-0.2, 0) is 0 Å². The zero-order valence-electron chi connectivity index (χ0n) is 11.9. The van der Waals surface area contributed by atoms with Crippen LogP contribution in [0.3, 0.4) is 0 Å². The fourth-order valence-electron chi connectivity index (χ4n) is 3.18. The molecule has 0 bridgehead atoms. The summed E-state index contributed by atoms with van der Waals surface area (Å²) in [6, 6.07) is 2.60. The van der Waals surface area contributed by atoms with Gasteiger partial charge in [0.2, 0.25) is 5.95 Å². The first-order chi connectivity index (χ1) is 9.76. The number of hydrogen-bond donors (Lipinski definition) is 2. The summed E-state index contributed by atoms with van der Waals surface area (Å²) in [5.41, 5.74) is 5.80. The van der Waals surface area contributed by atoms with E-state index in [9.17, 15) is 0 Å². The molecule has 4 nitrogen and oxygen atoms in total. The largest absolute Gasteiger partial charge is 0.368 e. The Labute approximate surface area is 123 Å². The summed E-state index contributed by atoms with van der Waals surface area (Å²) in [5.74, 6) is 2.20. The lowest BCUT2D eigenvalue weighted by molar-refractivity contribution is 0.318. The molecule has 20 heavy (non-hydrogen) atoms. The summed E-state index contributed by atoms with van der Waals surface area (Å²) < 4.78 is 0. The molecule has 1 fully saturated rings. The smallest absolute Gasteiger partial charge is 0.223 e. The van der Waals surface area contributed by atoms with Crippen LogP contribution in [0.5, 0.6) is 0 Å². The summed E-state index contributed by atoms with van der Waals surface area (Å²) in [7, 11) is 0. The maximum Gasteiger partial charge on any atom is 0.223 e. The van der Waals surface area contributed by atoms with E-state index in [-0.39, 0.29) is 0 Å². The normalized spacial score (nSPS) is 23.1. The molecule has 0 radical (unpaired) electrons. The van der Waals surface area contributed by atoms with Gasteiger partial charge in [-0.3, -0.25) is 0 Å². The molecule has 0 aliphatic heterocycles. The van der Waals surface area contributed by atoms with E-state index in [2.05, 4.69) is 28.3 Å². The number of aromatic nitrogens is 2. The van der Waals surface area contributed by atoms with Gasteiger partial charge in [0.1, 0.15) is 10.6 Å². The minimum atomic E-state index is 0.363. The van der Waals surface area contributed by atoms with Gasteiger partial charge in [-0.1, -0.05) is 19.8 Å². The van der Waals surface area contributed by atoms with Crippen molar-refractivity contribution in [3.8, 4) is 0 Å². The fraction of sp³-hybridized carbons (Fsp3) is 0.600. The number of anilines is 2. The summed E-state index contributed by atoms with van der Waals surface area (Å²) >= 11 is 1.61. The molecule has 2 aromatic rings. The minimum Gasteiger partial charge on any atom is -0.368 e. The van der Waals surface area contributed by atoms with Crippen molar-refractivity contribution >= 4 is 33.3 Å². The van der Waals surface area contributed by atoms with E-state index < -0.39 is 0 Å². The van der Waals surface area contributed by atoms with E-state index >= 15 is 0 Å². The van der Waals surface area contributed by atoms with E-state index in [0.717, 1.165) is 22.0 Å². The van der Waals surface area contributed by atoms with Crippen molar-refractivity contribution in [3.63, 3.8) is 0 Å². The number of thiophene rings is 1. The van der Waals surface area contributed by atoms with Crippen molar-refractivity contribution in [3.05, 3.63) is 11.4 Å². The lowest BCUT2D eigenvalue weighted by atomic mass is 9.83. The van der Waals surface area contributed by atoms with Crippen LogP contribution < -0.4 is 11.1 Å². The molecule has 0 atom stereocenters. The van der Waals surface area contributed by atoms with E-state index in [1.807, 2.05) is 5.38 Å². The monoisotopic (exact) mass is 290 g/mol. The third-order valence-corrected chi connectivity index (χ3v) is 5.03. The first-order valence-electron chi connectivity index (χ1n) is 7.53. The van der Waals surface area contributed by atoms with Gasteiger partial charge in [0.05, 0.1) is 5.39 Å². The highest BCUT2D eigenvalue weighted by Gasteiger charge is 2.21. The number of nitrogens with one attached hydrogen (secondary N) is 1. The average Bonchev–Trinajstić information content (AvgIpc) is 2.89. The Balaban J connectivity index is 1.69. The van der Waals surface area contributed by atoms with E-state index in [4.69, 9.17) is 5.73 Å². The van der Waals surface area contributed by atoms with E-state index in [1.165, 1.54) is 38.5 Å². The predicted molar refractivity (Wildman–Crippen MR) is 86.1 cm³/mol. The second-order valence-electron chi connectivity index (χ2n) is 5.72. The lowest BCUT2D eigenvalue weighted by Gasteiger charge is -2.29. The highest BCUT2D eigenvalue weighted by atomic mass is 32.1. The van der Waals surface area contributed by atoms with Gasteiger partial charge in [-0.15, -0.1) is 11.3 Å². The van der Waals surface area contributed by atoms with Gasteiger partial charge >= 0.3 is 0 Å². The van der Waals surface area contributed by atoms with Crippen LogP contribution >= 0.6 is 11.3 Å². The van der Waals surface area contributed by atoms with E-state index in [0.29, 0.717) is 12.0 Å². The standard InChI is InChI=1S/C15H22N4S/c1-2-3-10-4-6-11(7-5-10)17-13-12-8-9-20-14(12)19-15(16)18-13/h8-11H,2-7H2,1H3,(H3,16,17,18,19). The van der Waals surface area contributed by atoms with Gasteiger partial charge in [-0.2, -0.15) is 4.98 Å². The summed E-state index contributed by atoms with van der Waals surface area (Å²) in [5, 5.41) is 6.73. The summed E-state index contributed by atoms with van der Waals surface area (Å²) in [4.78, 5) is 9.63. The topological polar surface area (TPSA) is 63.8 Å². The van der Waals surface area contributed by atoms with Crippen molar-refractivity contribution in [2.24, 2.45) is 5.92 Å². The molecule has 3 rings (SSSR count). The molecule has 1 aliphatic carbocycles. The Kier molecular flexibility index (Phi) is 4.05. The molecule has 1 aliphatic rings. The van der Waals surface area contributed by atoms with Crippen LogP contribution in [-0.4, -0.2) is 16.0 Å². The summed E-state index contributed by atoms with van der Waals surface area (Å²) in [6.45, 7) is 2.28. The zero-order valence-corrected chi connectivity index (χ0v) is 12.7. The van der Waals surface area contributed by atoms with Crippen LogP contribution in [0, 0.1) is 5.92 Å². The Morgan fingerprint density at radius 1 is 1.30 bits per heavy atom. The van der Waals surface area contributed by atoms with Gasteiger partial charge < -0.3 is 11.1 Å². The molecule has 0 spiro atoms. The molecule has 1 saturated carbocycles. The van der Waals surface area contributed by atoms with Gasteiger partial charge in [0.25, 0.3) is 0 Å². The van der Waals surface area contributed by atoms with Crippen LogP contribution in [0.1, 0.15) is 45.4 Å². The van der Waals surface area contributed by atoms with E-state index in [1.54, 1.807) is 11.3 Å². The first-order valence-corrected chi connectivity index (χ1v) is 8.41. The lowest BCUT2D eigenvalue weighted by Crippen LogP contribution is -2.26. The molecule has 2 aromatic heterocycles. The maximum absolute atomic E-state index is 5.80. The molecular formula is C15H22N4S. The van der Waals surface area contributed by atoms with Crippen LogP contribution in [0.4, 0.5) is 11.8 Å². The Bertz CT molecular complexity index is 572. The van der Waals surface area contributed by atoms with Crippen molar-refractivity contribution in [1.29, 1.82) is 0 Å². The molecule has 3 N–H and O–H groups in total. The number of rotatable bonds is 4. The third kappa shape index (κ3) is 2.87. The number of fused-ring (bicyclic) bond motifs is 1. The summed E-state index contributed by atoms with van der Waals surface area (Å²) in [6.07, 6.45) is 7.82. The number of nitrogens with zero attached hydrogens (tertiary/aromatic N) is 2. The second-order valence-corrected chi connectivity index (χ2v) is 6.62. The maximum atomic E-state index is 5.80. The van der Waals surface area contributed by atoms with Crippen molar-refractivity contribution in [2.45, 2.75) is 51.5 Å². The molecular weight excluding hydrogens is 268 g/mol. The van der Waals surface area contributed by atoms with Gasteiger partial charge in [0.15, 0.2) is 0 Å². The zero-order chi connectivity index (χ0) is 13.9.